The number of amides is 2. The molecule has 0 bridgehead atoms. The molecule has 142 valence electrons. The van der Waals surface area contributed by atoms with Gasteiger partial charge >= 0.3 is 0 Å². The van der Waals surface area contributed by atoms with E-state index in [4.69, 9.17) is 0 Å². The molecule has 3 rings (SSSR count). The molecule has 0 aromatic heterocycles. The van der Waals surface area contributed by atoms with Crippen molar-refractivity contribution in [1.29, 1.82) is 0 Å². The van der Waals surface area contributed by atoms with E-state index < -0.39 is 0 Å². The summed E-state index contributed by atoms with van der Waals surface area (Å²) in [4.78, 5) is 27.3. The lowest BCUT2D eigenvalue weighted by atomic mass is 9.80. The van der Waals surface area contributed by atoms with Crippen LogP contribution in [0.4, 0.5) is 11.4 Å². The zero-order chi connectivity index (χ0) is 19.2. The molecule has 2 aromatic rings. The minimum atomic E-state index is -0.0119. The van der Waals surface area contributed by atoms with Crippen LogP contribution in [0, 0.1) is 18.8 Å². The molecule has 0 spiro atoms. The predicted molar refractivity (Wildman–Crippen MR) is 110 cm³/mol. The summed E-state index contributed by atoms with van der Waals surface area (Å²) >= 11 is 0. The number of anilines is 2. The van der Waals surface area contributed by atoms with Crippen LogP contribution in [-0.4, -0.2) is 18.4 Å². The van der Waals surface area contributed by atoms with Crippen LogP contribution in [-0.2, 0) is 9.59 Å². The molecule has 1 N–H and O–H groups in total. The molecule has 27 heavy (non-hydrogen) atoms. The number of benzene rings is 2. The highest BCUT2D eigenvalue weighted by Gasteiger charge is 2.32. The summed E-state index contributed by atoms with van der Waals surface area (Å²) in [6.07, 6.45) is 3.07. The Hall–Kier alpha value is -2.62. The summed E-state index contributed by atoms with van der Waals surface area (Å²) in [6, 6.07) is 17.7. The lowest BCUT2D eigenvalue weighted by molar-refractivity contribution is -0.126. The number of carbonyl (C=O) groups excluding carboxylic acids is 2. The maximum Gasteiger partial charge on any atom is 0.230 e. The van der Waals surface area contributed by atoms with Crippen LogP contribution in [0.2, 0.25) is 0 Å². The van der Waals surface area contributed by atoms with Crippen molar-refractivity contribution in [3.63, 3.8) is 0 Å². The molecule has 4 nitrogen and oxygen atoms in total. The summed E-state index contributed by atoms with van der Waals surface area (Å²) in [5.74, 6) is 0.247. The summed E-state index contributed by atoms with van der Waals surface area (Å²) < 4.78 is 0. The molecule has 1 aliphatic rings. The number of carbonyl (C=O) groups is 2. The SMILES string of the molecule is CCN(C(=O)C1CCC(C(=O)Nc2ccc(C)cc2)CC1)c1ccccc1. The zero-order valence-corrected chi connectivity index (χ0v) is 16.2. The maximum absolute atomic E-state index is 13.0. The van der Waals surface area contributed by atoms with Gasteiger partial charge in [-0.25, -0.2) is 0 Å². The molecule has 0 atom stereocenters. The summed E-state index contributed by atoms with van der Waals surface area (Å²) in [7, 11) is 0. The van der Waals surface area contributed by atoms with Crippen LogP contribution in [0.3, 0.4) is 0 Å². The second-order valence-electron chi connectivity index (χ2n) is 7.32. The first-order valence-electron chi connectivity index (χ1n) is 9.82. The lowest BCUT2D eigenvalue weighted by Crippen LogP contribution is -2.39. The molecule has 0 heterocycles. The van der Waals surface area contributed by atoms with E-state index in [1.54, 1.807) is 0 Å². The average molecular weight is 364 g/mol. The van der Waals surface area contributed by atoms with Crippen LogP contribution in [0.5, 0.6) is 0 Å². The van der Waals surface area contributed by atoms with E-state index in [2.05, 4.69) is 5.32 Å². The number of nitrogens with zero attached hydrogens (tertiary/aromatic N) is 1. The highest BCUT2D eigenvalue weighted by Crippen LogP contribution is 2.32. The van der Waals surface area contributed by atoms with Gasteiger partial charge in [-0.3, -0.25) is 9.59 Å². The summed E-state index contributed by atoms with van der Waals surface area (Å²) in [5.41, 5.74) is 2.96. The largest absolute Gasteiger partial charge is 0.326 e. The first-order valence-corrected chi connectivity index (χ1v) is 9.82. The molecule has 4 heteroatoms. The molecule has 1 fully saturated rings. The Bertz CT molecular complexity index is 763. The van der Waals surface area contributed by atoms with Gasteiger partial charge in [0.15, 0.2) is 0 Å². The normalized spacial score (nSPS) is 19.3. The van der Waals surface area contributed by atoms with Crippen molar-refractivity contribution in [2.45, 2.75) is 39.5 Å². The Morgan fingerprint density at radius 1 is 0.926 bits per heavy atom. The van der Waals surface area contributed by atoms with Gasteiger partial charge in [-0.1, -0.05) is 35.9 Å². The van der Waals surface area contributed by atoms with Crippen molar-refractivity contribution in [3.8, 4) is 0 Å². The van der Waals surface area contributed by atoms with E-state index in [0.717, 1.165) is 37.1 Å². The monoisotopic (exact) mass is 364 g/mol. The van der Waals surface area contributed by atoms with Gasteiger partial charge in [0.2, 0.25) is 11.8 Å². The highest BCUT2D eigenvalue weighted by atomic mass is 16.2. The van der Waals surface area contributed by atoms with Crippen LogP contribution >= 0.6 is 0 Å². The molecule has 1 aliphatic carbocycles. The Morgan fingerprint density at radius 3 is 2.11 bits per heavy atom. The van der Waals surface area contributed by atoms with E-state index in [9.17, 15) is 9.59 Å². The van der Waals surface area contributed by atoms with Crippen LogP contribution in [0.25, 0.3) is 0 Å². The molecule has 2 amide bonds. The highest BCUT2D eigenvalue weighted by molar-refractivity contribution is 5.96. The fourth-order valence-electron chi connectivity index (χ4n) is 3.78. The zero-order valence-electron chi connectivity index (χ0n) is 16.2. The third-order valence-corrected chi connectivity index (χ3v) is 5.42. The Balaban J connectivity index is 1.55. The van der Waals surface area contributed by atoms with E-state index in [-0.39, 0.29) is 23.7 Å². The van der Waals surface area contributed by atoms with E-state index in [0.29, 0.717) is 6.54 Å². The Kier molecular flexibility index (Phi) is 6.28. The van der Waals surface area contributed by atoms with Gasteiger partial charge in [0.1, 0.15) is 0 Å². The van der Waals surface area contributed by atoms with E-state index in [1.165, 1.54) is 5.56 Å². The van der Waals surface area contributed by atoms with E-state index >= 15 is 0 Å². The minimum absolute atomic E-state index is 0.00795. The predicted octanol–water partition coefficient (Wildman–Crippen LogP) is 4.79. The minimum Gasteiger partial charge on any atom is -0.326 e. The van der Waals surface area contributed by atoms with Crippen molar-refractivity contribution >= 4 is 23.2 Å². The van der Waals surface area contributed by atoms with Crippen molar-refractivity contribution in [1.82, 2.24) is 0 Å². The van der Waals surface area contributed by atoms with Gasteiger partial charge in [0.25, 0.3) is 0 Å². The average Bonchev–Trinajstić information content (AvgIpc) is 2.71. The molecule has 0 unspecified atom stereocenters. The maximum atomic E-state index is 13.0. The van der Waals surface area contributed by atoms with Crippen LogP contribution < -0.4 is 10.2 Å². The van der Waals surface area contributed by atoms with Crippen molar-refractivity contribution in [2.24, 2.45) is 11.8 Å². The Labute approximate surface area is 161 Å². The molecular formula is C23H28N2O2. The topological polar surface area (TPSA) is 49.4 Å². The summed E-state index contributed by atoms with van der Waals surface area (Å²) in [5, 5.41) is 3.01. The summed E-state index contributed by atoms with van der Waals surface area (Å²) in [6.45, 7) is 4.70. The first kappa shape index (κ1) is 19.2. The number of hydrogen-bond donors (Lipinski definition) is 1. The van der Waals surface area contributed by atoms with Gasteiger partial charge in [-0.05, 0) is 63.8 Å². The fraction of sp³-hybridized carbons (Fsp3) is 0.391. The standard InChI is InChI=1S/C23H28N2O2/c1-3-25(21-7-5-4-6-8-21)23(27)19-13-11-18(12-14-19)22(26)24-20-15-9-17(2)10-16-20/h4-10,15-16,18-19H,3,11-14H2,1-2H3,(H,24,26). The first-order chi connectivity index (χ1) is 13.1. The van der Waals surface area contributed by atoms with Gasteiger partial charge in [-0.2, -0.15) is 0 Å². The fourth-order valence-corrected chi connectivity index (χ4v) is 3.78. The second-order valence-corrected chi connectivity index (χ2v) is 7.32. The van der Waals surface area contributed by atoms with Crippen molar-refractivity contribution < 1.29 is 9.59 Å². The van der Waals surface area contributed by atoms with Crippen molar-refractivity contribution in [2.75, 3.05) is 16.8 Å². The molecule has 0 aliphatic heterocycles. The molecule has 0 saturated heterocycles. The van der Waals surface area contributed by atoms with E-state index in [1.807, 2.05) is 73.3 Å². The number of rotatable bonds is 5. The number of hydrogen-bond acceptors (Lipinski definition) is 2. The Morgan fingerprint density at radius 2 is 1.52 bits per heavy atom. The second kappa shape index (κ2) is 8.85. The molecular weight excluding hydrogens is 336 g/mol. The molecule has 1 saturated carbocycles. The smallest absolute Gasteiger partial charge is 0.230 e. The third kappa shape index (κ3) is 4.76. The number of para-hydroxylation sites is 1. The van der Waals surface area contributed by atoms with Crippen LogP contribution in [0.1, 0.15) is 38.2 Å². The molecule has 2 aromatic carbocycles. The third-order valence-electron chi connectivity index (χ3n) is 5.42. The van der Waals surface area contributed by atoms with Crippen molar-refractivity contribution in [3.05, 3.63) is 60.2 Å². The quantitative estimate of drug-likeness (QED) is 0.829. The number of aryl methyl sites for hydroxylation is 1. The lowest BCUT2D eigenvalue weighted by Gasteiger charge is -2.31. The van der Waals surface area contributed by atoms with Gasteiger partial charge in [-0.15, -0.1) is 0 Å². The number of nitrogens with one attached hydrogen (secondary N) is 1. The van der Waals surface area contributed by atoms with Gasteiger partial charge in [0.05, 0.1) is 0 Å². The van der Waals surface area contributed by atoms with Gasteiger partial charge in [0, 0.05) is 29.8 Å². The van der Waals surface area contributed by atoms with Crippen LogP contribution in [0.15, 0.2) is 54.6 Å². The molecule has 0 radical (unpaired) electrons. The van der Waals surface area contributed by atoms with Gasteiger partial charge < -0.3 is 10.2 Å².